The van der Waals surface area contributed by atoms with E-state index in [1.165, 1.54) is 11.8 Å². The van der Waals surface area contributed by atoms with Crippen molar-refractivity contribution in [1.29, 1.82) is 0 Å². The molecule has 0 aromatic carbocycles. The highest BCUT2D eigenvalue weighted by atomic mass is 32.2. The molecule has 0 aliphatic heterocycles. The highest BCUT2D eigenvalue weighted by molar-refractivity contribution is 7.98. The molecular formula is C11H19N5OS. The third-order valence-electron chi connectivity index (χ3n) is 2.28. The molecule has 1 aromatic heterocycles. The standard InChI is InChI=1S/C11H19N5OS/c1-5-13-10(17)7-16(3)9-6-8(12-2)14-11(15-9)18-4/h6H,5,7H2,1-4H3,(H,13,17)(H,12,14,15). The molecule has 0 fully saturated rings. The van der Waals surface area contributed by atoms with E-state index < -0.39 is 0 Å². The van der Waals surface area contributed by atoms with Crippen molar-refractivity contribution in [2.45, 2.75) is 12.1 Å². The van der Waals surface area contributed by atoms with Crippen LogP contribution in [0.5, 0.6) is 0 Å². The number of aromatic nitrogens is 2. The summed E-state index contributed by atoms with van der Waals surface area (Å²) in [7, 11) is 3.64. The minimum absolute atomic E-state index is 0.0182. The summed E-state index contributed by atoms with van der Waals surface area (Å²) < 4.78 is 0. The second kappa shape index (κ2) is 7.05. The molecule has 100 valence electrons. The molecule has 0 spiro atoms. The van der Waals surface area contributed by atoms with Crippen LogP contribution >= 0.6 is 11.8 Å². The monoisotopic (exact) mass is 269 g/mol. The van der Waals surface area contributed by atoms with E-state index in [0.717, 1.165) is 11.6 Å². The number of anilines is 2. The first-order valence-corrected chi connectivity index (χ1v) is 6.91. The second-order valence-electron chi connectivity index (χ2n) is 3.66. The number of nitrogens with zero attached hydrogens (tertiary/aromatic N) is 3. The number of carbonyl (C=O) groups excluding carboxylic acids is 1. The number of thioether (sulfide) groups is 1. The zero-order chi connectivity index (χ0) is 13.5. The Hall–Kier alpha value is -1.50. The Morgan fingerprint density at radius 1 is 1.50 bits per heavy atom. The van der Waals surface area contributed by atoms with Crippen molar-refractivity contribution in [1.82, 2.24) is 15.3 Å². The molecule has 0 aliphatic rings. The van der Waals surface area contributed by atoms with Crippen LogP contribution in [-0.4, -0.2) is 49.3 Å². The largest absolute Gasteiger partial charge is 0.373 e. The minimum atomic E-state index is -0.0182. The molecule has 0 aliphatic carbocycles. The Morgan fingerprint density at radius 2 is 2.22 bits per heavy atom. The molecule has 0 radical (unpaired) electrons. The molecule has 1 amide bonds. The molecule has 0 saturated heterocycles. The van der Waals surface area contributed by atoms with Crippen LogP contribution in [0.25, 0.3) is 0 Å². The number of hydrogen-bond donors (Lipinski definition) is 2. The molecule has 0 atom stereocenters. The molecule has 1 aromatic rings. The lowest BCUT2D eigenvalue weighted by molar-refractivity contribution is -0.119. The fourth-order valence-corrected chi connectivity index (χ4v) is 1.75. The van der Waals surface area contributed by atoms with Crippen LogP contribution in [0, 0.1) is 0 Å². The Bertz CT molecular complexity index is 390. The van der Waals surface area contributed by atoms with Gasteiger partial charge in [0.15, 0.2) is 5.16 Å². The topological polar surface area (TPSA) is 70.2 Å². The predicted octanol–water partition coefficient (Wildman–Crippen LogP) is 0.812. The quantitative estimate of drug-likeness (QED) is 0.588. The molecule has 1 heterocycles. The van der Waals surface area contributed by atoms with Gasteiger partial charge in [0.2, 0.25) is 5.91 Å². The zero-order valence-corrected chi connectivity index (χ0v) is 12.0. The number of likely N-dealkylation sites (N-methyl/N-ethyl adjacent to an activating group) is 2. The third kappa shape index (κ3) is 4.06. The van der Waals surface area contributed by atoms with Crippen molar-refractivity contribution < 1.29 is 4.79 Å². The van der Waals surface area contributed by atoms with Crippen molar-refractivity contribution >= 4 is 29.3 Å². The molecule has 7 heteroatoms. The van der Waals surface area contributed by atoms with E-state index >= 15 is 0 Å². The summed E-state index contributed by atoms with van der Waals surface area (Å²) in [5.41, 5.74) is 0. The van der Waals surface area contributed by atoms with Gasteiger partial charge in [0.05, 0.1) is 6.54 Å². The molecule has 2 N–H and O–H groups in total. The first-order chi connectivity index (χ1) is 8.60. The summed E-state index contributed by atoms with van der Waals surface area (Å²) in [6.07, 6.45) is 1.92. The summed E-state index contributed by atoms with van der Waals surface area (Å²) >= 11 is 1.47. The SMILES string of the molecule is CCNC(=O)CN(C)c1cc(NC)nc(SC)n1. The highest BCUT2D eigenvalue weighted by Crippen LogP contribution is 2.19. The maximum absolute atomic E-state index is 11.5. The molecule has 0 bridgehead atoms. The first kappa shape index (κ1) is 14.6. The van der Waals surface area contributed by atoms with E-state index in [9.17, 15) is 4.79 Å². The van der Waals surface area contributed by atoms with Gasteiger partial charge in [-0.1, -0.05) is 11.8 Å². The van der Waals surface area contributed by atoms with Gasteiger partial charge in [-0.15, -0.1) is 0 Å². The van der Waals surface area contributed by atoms with Crippen LogP contribution in [0.4, 0.5) is 11.6 Å². The molecule has 0 saturated carbocycles. The van der Waals surface area contributed by atoms with Crippen molar-refractivity contribution in [3.05, 3.63) is 6.07 Å². The lowest BCUT2D eigenvalue weighted by atomic mass is 10.4. The normalized spacial score (nSPS) is 10.0. The van der Waals surface area contributed by atoms with Crippen molar-refractivity contribution in [3.8, 4) is 0 Å². The van der Waals surface area contributed by atoms with Crippen molar-refractivity contribution in [2.24, 2.45) is 0 Å². The van der Waals surface area contributed by atoms with Crippen LogP contribution in [-0.2, 0) is 4.79 Å². The van der Waals surface area contributed by atoms with Gasteiger partial charge in [-0.05, 0) is 13.2 Å². The van der Waals surface area contributed by atoms with Gasteiger partial charge in [-0.2, -0.15) is 0 Å². The second-order valence-corrected chi connectivity index (χ2v) is 4.43. The fraction of sp³-hybridized carbons (Fsp3) is 0.545. The summed E-state index contributed by atoms with van der Waals surface area (Å²) in [4.78, 5) is 22.0. The molecule has 18 heavy (non-hydrogen) atoms. The van der Waals surface area contributed by atoms with Gasteiger partial charge < -0.3 is 15.5 Å². The predicted molar refractivity (Wildman–Crippen MR) is 75.3 cm³/mol. The highest BCUT2D eigenvalue weighted by Gasteiger charge is 2.10. The summed E-state index contributed by atoms with van der Waals surface area (Å²) in [6, 6.07) is 1.82. The number of nitrogens with one attached hydrogen (secondary N) is 2. The van der Waals surface area contributed by atoms with Crippen LogP contribution in [0.3, 0.4) is 0 Å². The average Bonchev–Trinajstić information content (AvgIpc) is 2.38. The zero-order valence-electron chi connectivity index (χ0n) is 11.1. The molecule has 6 nitrogen and oxygen atoms in total. The van der Waals surface area contributed by atoms with E-state index in [2.05, 4.69) is 20.6 Å². The van der Waals surface area contributed by atoms with Gasteiger partial charge in [0.1, 0.15) is 11.6 Å². The first-order valence-electron chi connectivity index (χ1n) is 5.69. The average molecular weight is 269 g/mol. The summed E-state index contributed by atoms with van der Waals surface area (Å²) in [5.74, 6) is 1.45. The van der Waals surface area contributed by atoms with Crippen molar-refractivity contribution in [3.63, 3.8) is 0 Å². The van der Waals surface area contributed by atoms with Gasteiger partial charge >= 0.3 is 0 Å². The third-order valence-corrected chi connectivity index (χ3v) is 2.82. The maximum atomic E-state index is 11.5. The minimum Gasteiger partial charge on any atom is -0.373 e. The summed E-state index contributed by atoms with van der Waals surface area (Å²) in [6.45, 7) is 2.81. The van der Waals surface area contributed by atoms with E-state index in [1.54, 1.807) is 11.9 Å². The number of rotatable bonds is 6. The Balaban J connectivity index is 2.83. The van der Waals surface area contributed by atoms with Crippen LogP contribution in [0.1, 0.15) is 6.92 Å². The molecular weight excluding hydrogens is 250 g/mol. The van der Waals surface area contributed by atoms with Crippen molar-refractivity contribution in [2.75, 3.05) is 43.7 Å². The van der Waals surface area contributed by atoms with E-state index in [0.29, 0.717) is 11.7 Å². The van der Waals surface area contributed by atoms with E-state index in [1.807, 2.05) is 26.3 Å². The van der Waals surface area contributed by atoms with E-state index in [4.69, 9.17) is 0 Å². The molecule has 1 rings (SSSR count). The smallest absolute Gasteiger partial charge is 0.239 e. The van der Waals surface area contributed by atoms with Gasteiger partial charge in [-0.25, -0.2) is 9.97 Å². The number of hydrogen-bond acceptors (Lipinski definition) is 6. The maximum Gasteiger partial charge on any atom is 0.239 e. The Labute approximate surface area is 112 Å². The Morgan fingerprint density at radius 3 is 2.78 bits per heavy atom. The van der Waals surface area contributed by atoms with Crippen LogP contribution in [0.2, 0.25) is 0 Å². The molecule has 0 unspecified atom stereocenters. The lowest BCUT2D eigenvalue weighted by Crippen LogP contribution is -2.35. The number of amides is 1. The van der Waals surface area contributed by atoms with Gasteiger partial charge in [-0.3, -0.25) is 4.79 Å². The van der Waals surface area contributed by atoms with Crippen LogP contribution in [0.15, 0.2) is 11.2 Å². The fourth-order valence-electron chi connectivity index (χ4n) is 1.38. The number of carbonyl (C=O) groups is 1. The van der Waals surface area contributed by atoms with Gasteiger partial charge in [0, 0.05) is 26.7 Å². The Kier molecular flexibility index (Phi) is 5.70. The lowest BCUT2D eigenvalue weighted by Gasteiger charge is -2.18. The van der Waals surface area contributed by atoms with Gasteiger partial charge in [0.25, 0.3) is 0 Å². The summed E-state index contributed by atoms with van der Waals surface area (Å²) in [5, 5.41) is 6.42. The van der Waals surface area contributed by atoms with E-state index in [-0.39, 0.29) is 12.5 Å². The van der Waals surface area contributed by atoms with Crippen LogP contribution < -0.4 is 15.5 Å².